The molecule has 0 aliphatic heterocycles. The summed E-state index contributed by atoms with van der Waals surface area (Å²) >= 11 is 6.25. The highest BCUT2D eigenvalue weighted by molar-refractivity contribution is 6.35. The fourth-order valence-corrected chi connectivity index (χ4v) is 2.27. The second-order valence-corrected chi connectivity index (χ2v) is 4.79. The van der Waals surface area contributed by atoms with E-state index in [0.717, 1.165) is 45.8 Å². The van der Waals surface area contributed by atoms with Crippen molar-refractivity contribution in [2.75, 3.05) is 11.9 Å². The molecule has 0 saturated heterocycles. The molecule has 0 atom stereocenters. The number of hydrogen-bond acceptors (Lipinski definition) is 2. The Balaban J connectivity index is 2.64. The lowest BCUT2D eigenvalue weighted by molar-refractivity contribution is 0.980. The number of fused-ring (bicyclic) bond motifs is 1. The lowest BCUT2D eigenvalue weighted by Crippen LogP contribution is -2.02. The van der Waals surface area contributed by atoms with E-state index < -0.39 is 0 Å². The monoisotopic (exact) mass is 248 g/mol. The smallest absolute Gasteiger partial charge is 0.0912 e. The van der Waals surface area contributed by atoms with Crippen molar-refractivity contribution in [1.82, 2.24) is 4.98 Å². The van der Waals surface area contributed by atoms with Crippen molar-refractivity contribution in [2.45, 2.75) is 27.2 Å². The third-order valence-corrected chi connectivity index (χ3v) is 2.99. The van der Waals surface area contributed by atoms with Gasteiger partial charge in [0.2, 0.25) is 0 Å². The van der Waals surface area contributed by atoms with Crippen molar-refractivity contribution in [3.05, 3.63) is 34.5 Å². The van der Waals surface area contributed by atoms with Crippen LogP contribution in [0.2, 0.25) is 5.02 Å². The average Bonchev–Trinajstić information content (AvgIpc) is 2.27. The number of rotatable bonds is 3. The van der Waals surface area contributed by atoms with Crippen molar-refractivity contribution in [1.29, 1.82) is 0 Å². The minimum Gasteiger partial charge on any atom is -0.384 e. The highest BCUT2D eigenvalue weighted by Crippen LogP contribution is 2.29. The van der Waals surface area contributed by atoms with Gasteiger partial charge in [-0.2, -0.15) is 0 Å². The molecule has 17 heavy (non-hydrogen) atoms. The van der Waals surface area contributed by atoms with Gasteiger partial charge < -0.3 is 5.32 Å². The molecule has 1 heterocycles. The second kappa shape index (κ2) is 4.92. The molecule has 0 saturated carbocycles. The summed E-state index contributed by atoms with van der Waals surface area (Å²) in [5, 5.41) is 5.26. The number of pyridine rings is 1. The lowest BCUT2D eigenvalue weighted by Gasteiger charge is -2.11. The fraction of sp³-hybridized carbons (Fsp3) is 0.357. The van der Waals surface area contributed by atoms with Crippen molar-refractivity contribution < 1.29 is 0 Å². The van der Waals surface area contributed by atoms with Gasteiger partial charge in [0, 0.05) is 23.3 Å². The lowest BCUT2D eigenvalue weighted by atomic mass is 10.1. The second-order valence-electron chi connectivity index (χ2n) is 4.38. The van der Waals surface area contributed by atoms with E-state index in [0.29, 0.717) is 0 Å². The van der Waals surface area contributed by atoms with Gasteiger partial charge in [0.15, 0.2) is 0 Å². The Morgan fingerprint density at radius 2 is 2.00 bits per heavy atom. The molecule has 0 aliphatic rings. The maximum atomic E-state index is 6.25. The maximum Gasteiger partial charge on any atom is 0.0912 e. The Bertz CT molecular complexity index is 549. The molecular formula is C14H17ClN2. The standard InChI is InChI=1S/C14H17ClN2/c1-4-5-16-13-8-10(3)17-14-11(13)6-9(2)7-12(14)15/h6-8H,4-5H2,1-3H3,(H,16,17). The van der Waals surface area contributed by atoms with E-state index in [4.69, 9.17) is 11.6 Å². The van der Waals surface area contributed by atoms with Gasteiger partial charge in [0.25, 0.3) is 0 Å². The van der Waals surface area contributed by atoms with Gasteiger partial charge in [-0.25, -0.2) is 0 Å². The molecule has 3 heteroatoms. The molecule has 2 aromatic rings. The average molecular weight is 249 g/mol. The van der Waals surface area contributed by atoms with E-state index in [9.17, 15) is 0 Å². The number of aromatic nitrogens is 1. The third kappa shape index (κ3) is 2.52. The quantitative estimate of drug-likeness (QED) is 0.875. The van der Waals surface area contributed by atoms with Gasteiger partial charge in [-0.05, 0) is 44.0 Å². The highest BCUT2D eigenvalue weighted by atomic mass is 35.5. The van der Waals surface area contributed by atoms with E-state index in [1.807, 2.05) is 13.0 Å². The normalized spacial score (nSPS) is 10.8. The van der Waals surface area contributed by atoms with Gasteiger partial charge in [-0.3, -0.25) is 4.98 Å². The molecule has 2 nitrogen and oxygen atoms in total. The van der Waals surface area contributed by atoms with Crippen molar-refractivity contribution in [3.63, 3.8) is 0 Å². The molecule has 0 unspecified atom stereocenters. The van der Waals surface area contributed by atoms with Gasteiger partial charge in [-0.15, -0.1) is 0 Å². The Kier molecular flexibility index (Phi) is 3.53. The summed E-state index contributed by atoms with van der Waals surface area (Å²) in [5.74, 6) is 0. The SMILES string of the molecule is CCCNc1cc(C)nc2c(Cl)cc(C)cc12. The molecule has 0 amide bonds. The number of nitrogens with zero attached hydrogens (tertiary/aromatic N) is 1. The predicted molar refractivity (Wildman–Crippen MR) is 75.0 cm³/mol. The first-order valence-corrected chi connectivity index (χ1v) is 6.31. The van der Waals surface area contributed by atoms with Gasteiger partial charge >= 0.3 is 0 Å². The number of hydrogen-bond donors (Lipinski definition) is 1. The first-order valence-electron chi connectivity index (χ1n) is 5.93. The van der Waals surface area contributed by atoms with E-state index in [1.54, 1.807) is 0 Å². The zero-order valence-electron chi connectivity index (χ0n) is 10.5. The van der Waals surface area contributed by atoms with Crippen LogP contribution in [-0.4, -0.2) is 11.5 Å². The van der Waals surface area contributed by atoms with Crippen LogP contribution >= 0.6 is 11.6 Å². The third-order valence-electron chi connectivity index (χ3n) is 2.70. The topological polar surface area (TPSA) is 24.9 Å². The van der Waals surface area contributed by atoms with Crippen molar-refractivity contribution >= 4 is 28.2 Å². The minimum absolute atomic E-state index is 0.725. The molecule has 0 spiro atoms. The largest absolute Gasteiger partial charge is 0.384 e. The van der Waals surface area contributed by atoms with Crippen LogP contribution < -0.4 is 5.32 Å². The summed E-state index contributed by atoms with van der Waals surface area (Å²) in [4.78, 5) is 4.51. The summed E-state index contributed by atoms with van der Waals surface area (Å²) in [5.41, 5.74) is 4.16. The maximum absolute atomic E-state index is 6.25. The molecule has 0 radical (unpaired) electrons. The van der Waals surface area contributed by atoms with Crippen LogP contribution in [-0.2, 0) is 0 Å². The van der Waals surface area contributed by atoms with Gasteiger partial charge in [-0.1, -0.05) is 18.5 Å². The Hall–Kier alpha value is -1.28. The molecular weight excluding hydrogens is 232 g/mol. The molecule has 0 aliphatic carbocycles. The summed E-state index contributed by atoms with van der Waals surface area (Å²) < 4.78 is 0. The first-order chi connectivity index (χ1) is 8.11. The van der Waals surface area contributed by atoms with E-state index in [1.165, 1.54) is 0 Å². The van der Waals surface area contributed by atoms with Crippen LogP contribution in [0.3, 0.4) is 0 Å². The van der Waals surface area contributed by atoms with E-state index >= 15 is 0 Å². The Morgan fingerprint density at radius 1 is 1.24 bits per heavy atom. The van der Waals surface area contributed by atoms with Gasteiger partial charge in [0.1, 0.15) is 0 Å². The van der Waals surface area contributed by atoms with Crippen LogP contribution in [0.1, 0.15) is 24.6 Å². The molecule has 2 rings (SSSR count). The Morgan fingerprint density at radius 3 is 2.71 bits per heavy atom. The van der Waals surface area contributed by atoms with Crippen LogP contribution in [0.4, 0.5) is 5.69 Å². The summed E-state index contributed by atoms with van der Waals surface area (Å²) in [6, 6.07) is 6.17. The Labute approximate surface area is 107 Å². The fourth-order valence-electron chi connectivity index (χ4n) is 1.95. The molecule has 0 fully saturated rings. The van der Waals surface area contributed by atoms with Gasteiger partial charge in [0.05, 0.1) is 10.5 Å². The molecule has 1 aromatic carbocycles. The predicted octanol–water partition coefficient (Wildman–Crippen LogP) is 4.33. The van der Waals surface area contributed by atoms with Crippen LogP contribution in [0, 0.1) is 13.8 Å². The van der Waals surface area contributed by atoms with E-state index in [2.05, 4.69) is 36.3 Å². The summed E-state index contributed by atoms with van der Waals surface area (Å²) in [6.07, 6.45) is 1.10. The van der Waals surface area contributed by atoms with Crippen LogP contribution in [0.25, 0.3) is 10.9 Å². The van der Waals surface area contributed by atoms with Crippen molar-refractivity contribution in [3.8, 4) is 0 Å². The number of aryl methyl sites for hydroxylation is 2. The zero-order chi connectivity index (χ0) is 12.4. The summed E-state index contributed by atoms with van der Waals surface area (Å²) in [7, 11) is 0. The molecule has 90 valence electrons. The zero-order valence-corrected chi connectivity index (χ0v) is 11.2. The molecule has 1 N–H and O–H groups in total. The van der Waals surface area contributed by atoms with Crippen LogP contribution in [0.5, 0.6) is 0 Å². The number of benzene rings is 1. The highest BCUT2D eigenvalue weighted by Gasteiger charge is 2.07. The molecule has 1 aromatic heterocycles. The summed E-state index contributed by atoms with van der Waals surface area (Å²) in [6.45, 7) is 7.16. The number of halogens is 1. The number of nitrogens with one attached hydrogen (secondary N) is 1. The van der Waals surface area contributed by atoms with E-state index in [-0.39, 0.29) is 0 Å². The van der Waals surface area contributed by atoms with Crippen molar-refractivity contribution in [2.24, 2.45) is 0 Å². The minimum atomic E-state index is 0.725. The first kappa shape index (κ1) is 12.2. The number of anilines is 1. The molecule has 0 bridgehead atoms. The van der Waals surface area contributed by atoms with Crippen LogP contribution in [0.15, 0.2) is 18.2 Å².